The van der Waals surface area contributed by atoms with Gasteiger partial charge in [0.1, 0.15) is 5.75 Å². The first-order chi connectivity index (χ1) is 11.8. The Hall–Kier alpha value is -1.60. The standard InChI is InChI=1S/C18H25N3O2S2/c1-10(2)14-8-7-12(5)9-15(14)23-13(6)16(22)19-17-20-21-18(25-17)24-11(3)4/h7-11,13H,1-6H3,(H,19,20,22)/t13-/m0/s1. The molecule has 2 rings (SSSR count). The molecule has 5 nitrogen and oxygen atoms in total. The van der Waals surface area contributed by atoms with Crippen LogP contribution in [0.1, 0.15) is 51.7 Å². The second-order valence-corrected chi connectivity index (χ2v) is 9.29. The first-order valence-corrected chi connectivity index (χ1v) is 10.0. The number of rotatable bonds is 7. The number of nitrogens with zero attached hydrogens (tertiary/aromatic N) is 2. The molecule has 25 heavy (non-hydrogen) atoms. The maximum absolute atomic E-state index is 12.4. The van der Waals surface area contributed by atoms with Crippen LogP contribution in [0.2, 0.25) is 0 Å². The number of anilines is 1. The third-order valence-electron chi connectivity index (χ3n) is 3.44. The molecular weight excluding hydrogens is 354 g/mol. The minimum absolute atomic E-state index is 0.228. The van der Waals surface area contributed by atoms with E-state index in [1.165, 1.54) is 11.3 Å². The third kappa shape index (κ3) is 5.71. The van der Waals surface area contributed by atoms with Crippen LogP contribution in [0.15, 0.2) is 22.5 Å². The number of benzene rings is 1. The van der Waals surface area contributed by atoms with Crippen LogP contribution in [0.25, 0.3) is 0 Å². The van der Waals surface area contributed by atoms with Gasteiger partial charge in [-0.3, -0.25) is 10.1 Å². The van der Waals surface area contributed by atoms with Gasteiger partial charge in [0.2, 0.25) is 5.13 Å². The summed E-state index contributed by atoms with van der Waals surface area (Å²) in [5.74, 6) is 0.851. The van der Waals surface area contributed by atoms with E-state index in [1.807, 2.05) is 13.0 Å². The molecular formula is C18H25N3O2S2. The third-order valence-corrected chi connectivity index (χ3v) is 5.36. The van der Waals surface area contributed by atoms with E-state index in [9.17, 15) is 4.79 Å². The Bertz CT molecular complexity index is 729. The predicted molar refractivity (Wildman–Crippen MR) is 105 cm³/mol. The summed E-state index contributed by atoms with van der Waals surface area (Å²) < 4.78 is 6.78. The number of nitrogens with one attached hydrogen (secondary N) is 1. The van der Waals surface area contributed by atoms with Gasteiger partial charge in [0.15, 0.2) is 10.4 Å². The van der Waals surface area contributed by atoms with Crippen LogP contribution >= 0.6 is 23.1 Å². The number of carbonyl (C=O) groups is 1. The quantitative estimate of drug-likeness (QED) is 0.549. The summed E-state index contributed by atoms with van der Waals surface area (Å²) in [6, 6.07) is 6.09. The average molecular weight is 380 g/mol. The van der Waals surface area contributed by atoms with Crippen molar-refractivity contribution in [1.82, 2.24) is 10.2 Å². The molecule has 0 bridgehead atoms. The second-order valence-electron chi connectivity index (χ2n) is 6.49. The van der Waals surface area contributed by atoms with Gasteiger partial charge in [-0.05, 0) is 37.0 Å². The minimum Gasteiger partial charge on any atom is -0.481 e. The first kappa shape index (κ1) is 19.7. The first-order valence-electron chi connectivity index (χ1n) is 8.34. The molecule has 2 aromatic rings. The van der Waals surface area contributed by atoms with Crippen LogP contribution in [0, 0.1) is 6.92 Å². The van der Waals surface area contributed by atoms with E-state index in [1.54, 1.807) is 18.7 Å². The lowest BCUT2D eigenvalue weighted by Crippen LogP contribution is -2.30. The van der Waals surface area contributed by atoms with E-state index < -0.39 is 6.10 Å². The monoisotopic (exact) mass is 379 g/mol. The van der Waals surface area contributed by atoms with Gasteiger partial charge in [-0.2, -0.15) is 0 Å². The van der Waals surface area contributed by atoms with Crippen LogP contribution in [0.4, 0.5) is 5.13 Å². The van der Waals surface area contributed by atoms with Gasteiger partial charge in [0, 0.05) is 5.25 Å². The van der Waals surface area contributed by atoms with Crippen molar-refractivity contribution >= 4 is 34.1 Å². The Balaban J connectivity index is 2.03. The molecule has 1 aromatic carbocycles. The normalized spacial score (nSPS) is 12.5. The highest BCUT2D eigenvalue weighted by atomic mass is 32.2. The number of carbonyl (C=O) groups excluding carboxylic acids is 1. The number of hydrogen-bond donors (Lipinski definition) is 1. The molecule has 0 saturated heterocycles. The second kappa shape index (κ2) is 8.67. The fraction of sp³-hybridized carbons (Fsp3) is 0.500. The molecule has 0 aliphatic carbocycles. The lowest BCUT2D eigenvalue weighted by molar-refractivity contribution is -0.122. The molecule has 0 fully saturated rings. The molecule has 0 radical (unpaired) electrons. The van der Waals surface area contributed by atoms with E-state index in [0.717, 1.165) is 21.2 Å². The minimum atomic E-state index is -0.621. The highest BCUT2D eigenvalue weighted by Gasteiger charge is 2.19. The maximum atomic E-state index is 12.4. The fourth-order valence-electron chi connectivity index (χ4n) is 2.18. The van der Waals surface area contributed by atoms with Gasteiger partial charge in [-0.15, -0.1) is 10.2 Å². The van der Waals surface area contributed by atoms with Gasteiger partial charge < -0.3 is 4.74 Å². The van der Waals surface area contributed by atoms with E-state index in [4.69, 9.17) is 4.74 Å². The van der Waals surface area contributed by atoms with Crippen molar-refractivity contribution < 1.29 is 9.53 Å². The summed E-state index contributed by atoms with van der Waals surface area (Å²) >= 11 is 3.00. The predicted octanol–water partition coefficient (Wildman–Crippen LogP) is 4.88. The maximum Gasteiger partial charge on any atom is 0.266 e. The molecule has 0 spiro atoms. The molecule has 1 aromatic heterocycles. The zero-order valence-corrected chi connectivity index (χ0v) is 17.1. The molecule has 0 aliphatic rings. The molecule has 1 heterocycles. The highest BCUT2D eigenvalue weighted by Crippen LogP contribution is 2.30. The van der Waals surface area contributed by atoms with Crippen LogP contribution in [-0.2, 0) is 4.79 Å². The van der Waals surface area contributed by atoms with Crippen molar-refractivity contribution in [2.24, 2.45) is 0 Å². The molecule has 1 N–H and O–H groups in total. The van der Waals surface area contributed by atoms with E-state index >= 15 is 0 Å². The number of amides is 1. The Labute approximate surface area is 157 Å². The zero-order valence-electron chi connectivity index (χ0n) is 15.5. The summed E-state index contributed by atoms with van der Waals surface area (Å²) in [5.41, 5.74) is 2.20. The number of ether oxygens (including phenoxy) is 1. The van der Waals surface area contributed by atoms with Crippen molar-refractivity contribution in [3.05, 3.63) is 29.3 Å². The molecule has 1 atom stereocenters. The fourth-order valence-corrected chi connectivity index (χ4v) is 4.16. The van der Waals surface area contributed by atoms with Gasteiger partial charge in [0.25, 0.3) is 5.91 Å². The van der Waals surface area contributed by atoms with Crippen molar-refractivity contribution in [2.75, 3.05) is 5.32 Å². The van der Waals surface area contributed by atoms with E-state index in [2.05, 4.69) is 55.3 Å². The summed E-state index contributed by atoms with van der Waals surface area (Å²) in [6.45, 7) is 12.2. The molecule has 1 amide bonds. The van der Waals surface area contributed by atoms with Crippen LogP contribution < -0.4 is 10.1 Å². The Morgan fingerprint density at radius 1 is 1.20 bits per heavy atom. The van der Waals surface area contributed by atoms with Gasteiger partial charge >= 0.3 is 0 Å². The van der Waals surface area contributed by atoms with Crippen molar-refractivity contribution in [3.8, 4) is 5.75 Å². The zero-order chi connectivity index (χ0) is 18.6. The topological polar surface area (TPSA) is 64.1 Å². The van der Waals surface area contributed by atoms with Crippen molar-refractivity contribution in [1.29, 1.82) is 0 Å². The Morgan fingerprint density at radius 3 is 2.56 bits per heavy atom. The molecule has 0 unspecified atom stereocenters. The smallest absolute Gasteiger partial charge is 0.266 e. The number of aryl methyl sites for hydroxylation is 1. The van der Waals surface area contributed by atoms with Gasteiger partial charge in [-0.1, -0.05) is 62.9 Å². The number of hydrogen-bond acceptors (Lipinski definition) is 6. The lowest BCUT2D eigenvalue weighted by Gasteiger charge is -2.18. The van der Waals surface area contributed by atoms with Crippen LogP contribution in [-0.4, -0.2) is 27.5 Å². The Morgan fingerprint density at radius 2 is 1.92 bits per heavy atom. The summed E-state index contributed by atoms with van der Waals surface area (Å²) in [4.78, 5) is 12.4. The van der Waals surface area contributed by atoms with Crippen LogP contribution in [0.5, 0.6) is 5.75 Å². The van der Waals surface area contributed by atoms with E-state index in [-0.39, 0.29) is 5.91 Å². The average Bonchev–Trinajstić information content (AvgIpc) is 2.93. The number of aromatic nitrogens is 2. The molecule has 7 heteroatoms. The molecule has 136 valence electrons. The summed E-state index contributed by atoms with van der Waals surface area (Å²) in [6.07, 6.45) is -0.621. The van der Waals surface area contributed by atoms with Gasteiger partial charge in [-0.25, -0.2) is 0 Å². The lowest BCUT2D eigenvalue weighted by atomic mass is 10.0. The SMILES string of the molecule is Cc1ccc(C(C)C)c(O[C@@H](C)C(=O)Nc2nnc(SC(C)C)s2)c1. The van der Waals surface area contributed by atoms with E-state index in [0.29, 0.717) is 16.3 Å². The summed E-state index contributed by atoms with van der Waals surface area (Å²) in [5, 5.41) is 11.8. The van der Waals surface area contributed by atoms with Crippen molar-refractivity contribution in [3.63, 3.8) is 0 Å². The largest absolute Gasteiger partial charge is 0.481 e. The molecule has 0 aliphatic heterocycles. The Kier molecular flexibility index (Phi) is 6.84. The number of thioether (sulfide) groups is 1. The molecule has 0 saturated carbocycles. The highest BCUT2D eigenvalue weighted by molar-refractivity contribution is 8.01. The van der Waals surface area contributed by atoms with Gasteiger partial charge in [0.05, 0.1) is 0 Å². The van der Waals surface area contributed by atoms with Crippen LogP contribution in [0.3, 0.4) is 0 Å². The summed E-state index contributed by atoms with van der Waals surface area (Å²) in [7, 11) is 0. The van der Waals surface area contributed by atoms with Crippen molar-refractivity contribution in [2.45, 2.75) is 63.2 Å².